The normalized spacial score (nSPS) is 13.8. The third kappa shape index (κ3) is 3.17. The molecule has 2 heterocycles. The maximum Gasteiger partial charge on any atom is 0.274 e. The predicted molar refractivity (Wildman–Crippen MR) is 109 cm³/mol. The van der Waals surface area contributed by atoms with Gasteiger partial charge in [0, 0.05) is 23.4 Å². The molecule has 0 atom stereocenters. The monoisotopic (exact) mass is 371 g/mol. The molecule has 2 aromatic carbocycles. The van der Waals surface area contributed by atoms with Gasteiger partial charge in [-0.05, 0) is 37.5 Å². The van der Waals surface area contributed by atoms with E-state index in [1.807, 2.05) is 30.3 Å². The van der Waals surface area contributed by atoms with E-state index in [-0.39, 0.29) is 5.56 Å². The molecule has 1 N–H and O–H groups in total. The fourth-order valence-corrected chi connectivity index (χ4v) is 3.53. The van der Waals surface area contributed by atoms with Crippen molar-refractivity contribution in [3.05, 3.63) is 82.3 Å². The summed E-state index contributed by atoms with van der Waals surface area (Å²) in [7, 11) is 0. The lowest BCUT2D eigenvalue weighted by Crippen LogP contribution is -2.27. The van der Waals surface area contributed by atoms with Gasteiger partial charge in [-0.2, -0.15) is 9.50 Å². The second-order valence-electron chi connectivity index (χ2n) is 7.36. The van der Waals surface area contributed by atoms with Gasteiger partial charge in [0.15, 0.2) is 5.82 Å². The van der Waals surface area contributed by atoms with E-state index in [4.69, 9.17) is 0 Å². The van der Waals surface area contributed by atoms with Gasteiger partial charge < -0.3 is 4.90 Å². The first-order valence-corrected chi connectivity index (χ1v) is 9.55. The van der Waals surface area contributed by atoms with Crippen molar-refractivity contribution in [2.45, 2.75) is 32.4 Å². The minimum Gasteiger partial charge on any atom is -0.363 e. The van der Waals surface area contributed by atoms with E-state index in [2.05, 4.69) is 51.2 Å². The van der Waals surface area contributed by atoms with E-state index in [1.165, 1.54) is 28.6 Å². The number of aromatic amines is 1. The number of nitrogens with one attached hydrogen (secondary N) is 1. The molecular weight excluding hydrogens is 350 g/mol. The average molecular weight is 371 g/mol. The highest BCUT2D eigenvalue weighted by Gasteiger charge is 2.30. The van der Waals surface area contributed by atoms with Crippen LogP contribution in [0.1, 0.15) is 24.1 Å². The van der Waals surface area contributed by atoms with E-state index in [0.717, 1.165) is 11.3 Å². The van der Waals surface area contributed by atoms with Gasteiger partial charge in [-0.1, -0.05) is 42.5 Å². The van der Waals surface area contributed by atoms with E-state index in [1.54, 1.807) is 6.07 Å². The molecule has 0 radical (unpaired) electrons. The molecule has 6 nitrogen and oxygen atoms in total. The topological polar surface area (TPSA) is 66.3 Å². The first-order valence-electron chi connectivity index (χ1n) is 9.55. The van der Waals surface area contributed by atoms with Crippen molar-refractivity contribution in [1.29, 1.82) is 0 Å². The Balaban J connectivity index is 1.51. The minimum atomic E-state index is -0.144. The summed E-state index contributed by atoms with van der Waals surface area (Å²) in [5, 5.41) is 3.05. The summed E-state index contributed by atoms with van der Waals surface area (Å²) < 4.78 is 1.40. The lowest BCUT2D eigenvalue weighted by molar-refractivity contribution is 0.766. The van der Waals surface area contributed by atoms with Gasteiger partial charge in [0.2, 0.25) is 0 Å². The number of nitrogens with zero attached hydrogens (tertiary/aromatic N) is 4. The van der Waals surface area contributed by atoms with Crippen LogP contribution in [-0.2, 0) is 6.54 Å². The number of H-pyrrole nitrogens is 1. The second kappa shape index (κ2) is 6.64. The minimum absolute atomic E-state index is 0.144. The molecule has 0 bridgehead atoms. The molecule has 140 valence electrons. The Bertz CT molecular complexity index is 1190. The SMILES string of the molecule is Cc1cccc(N(Cc2cc(=O)n3[nH]c(-c4ccccc4)nc3n2)C2CC2)c1. The largest absolute Gasteiger partial charge is 0.363 e. The first kappa shape index (κ1) is 16.7. The standard InChI is InChI=1S/C22H21N5O/c1-15-6-5-9-19(12-15)26(18-10-11-18)14-17-13-20(28)27-22(23-17)24-21(25-27)16-7-3-2-4-8-16/h2-9,12-13,18H,10-11,14H2,1H3,(H,23,24,25). The second-order valence-corrected chi connectivity index (χ2v) is 7.36. The summed E-state index contributed by atoms with van der Waals surface area (Å²) in [5.74, 6) is 1.04. The third-order valence-corrected chi connectivity index (χ3v) is 5.08. The van der Waals surface area contributed by atoms with Crippen LogP contribution in [0.3, 0.4) is 0 Å². The Morgan fingerprint density at radius 2 is 1.89 bits per heavy atom. The van der Waals surface area contributed by atoms with Gasteiger partial charge in [0.1, 0.15) is 0 Å². The molecule has 6 heteroatoms. The highest BCUT2D eigenvalue weighted by atomic mass is 16.1. The average Bonchev–Trinajstić information content (AvgIpc) is 3.45. The number of aryl methyl sites for hydroxylation is 1. The lowest BCUT2D eigenvalue weighted by Gasteiger charge is -2.24. The van der Waals surface area contributed by atoms with Crippen molar-refractivity contribution in [2.24, 2.45) is 0 Å². The maximum absolute atomic E-state index is 12.6. The van der Waals surface area contributed by atoms with Crippen LogP contribution in [-0.4, -0.2) is 25.6 Å². The Kier molecular flexibility index (Phi) is 3.97. The quantitative estimate of drug-likeness (QED) is 0.582. The van der Waals surface area contributed by atoms with Crippen molar-refractivity contribution in [2.75, 3.05) is 4.90 Å². The highest BCUT2D eigenvalue weighted by Crippen LogP contribution is 2.33. The van der Waals surface area contributed by atoms with Crippen LogP contribution in [0.4, 0.5) is 5.69 Å². The molecule has 1 fully saturated rings. The number of benzene rings is 2. The summed E-state index contributed by atoms with van der Waals surface area (Å²) in [6.45, 7) is 2.70. The van der Waals surface area contributed by atoms with E-state index in [0.29, 0.717) is 24.2 Å². The Morgan fingerprint density at radius 3 is 2.64 bits per heavy atom. The van der Waals surface area contributed by atoms with Gasteiger partial charge in [-0.25, -0.2) is 4.98 Å². The van der Waals surface area contributed by atoms with Crippen LogP contribution in [0.25, 0.3) is 17.2 Å². The van der Waals surface area contributed by atoms with Crippen LogP contribution in [0.15, 0.2) is 65.5 Å². The molecule has 1 aliphatic rings. The third-order valence-electron chi connectivity index (χ3n) is 5.08. The lowest BCUT2D eigenvalue weighted by atomic mass is 10.2. The fourth-order valence-electron chi connectivity index (χ4n) is 3.53. The summed E-state index contributed by atoms with van der Waals surface area (Å²) >= 11 is 0. The zero-order valence-corrected chi connectivity index (χ0v) is 15.7. The van der Waals surface area contributed by atoms with Crippen LogP contribution >= 0.6 is 0 Å². The predicted octanol–water partition coefficient (Wildman–Crippen LogP) is 3.56. The van der Waals surface area contributed by atoms with Crippen LogP contribution in [0, 0.1) is 6.92 Å². The Morgan fingerprint density at radius 1 is 1.07 bits per heavy atom. The maximum atomic E-state index is 12.6. The number of fused-ring (bicyclic) bond motifs is 1. The smallest absolute Gasteiger partial charge is 0.274 e. The van der Waals surface area contributed by atoms with Gasteiger partial charge >= 0.3 is 0 Å². The van der Waals surface area contributed by atoms with Crippen LogP contribution in [0.2, 0.25) is 0 Å². The van der Waals surface area contributed by atoms with E-state index in [9.17, 15) is 4.79 Å². The molecule has 0 unspecified atom stereocenters. The molecule has 0 aliphatic heterocycles. The molecule has 1 saturated carbocycles. The molecule has 5 rings (SSSR count). The number of aromatic nitrogens is 4. The van der Waals surface area contributed by atoms with E-state index < -0.39 is 0 Å². The van der Waals surface area contributed by atoms with Crippen LogP contribution < -0.4 is 10.5 Å². The highest BCUT2D eigenvalue weighted by molar-refractivity contribution is 5.56. The summed E-state index contributed by atoms with van der Waals surface area (Å²) in [5.41, 5.74) is 3.93. The van der Waals surface area contributed by atoms with Gasteiger partial charge in [0.25, 0.3) is 11.3 Å². The Labute approximate surface area is 162 Å². The zero-order valence-electron chi connectivity index (χ0n) is 15.7. The molecular formula is C22H21N5O. The summed E-state index contributed by atoms with van der Waals surface area (Å²) in [6.07, 6.45) is 2.35. The molecule has 0 amide bonds. The van der Waals surface area contributed by atoms with Crippen molar-refractivity contribution in [3.8, 4) is 11.4 Å². The molecule has 0 spiro atoms. The van der Waals surface area contributed by atoms with Gasteiger partial charge in [-0.3, -0.25) is 9.89 Å². The van der Waals surface area contributed by atoms with Crippen LogP contribution in [0.5, 0.6) is 0 Å². The number of hydrogen-bond donors (Lipinski definition) is 1. The zero-order chi connectivity index (χ0) is 19.1. The number of rotatable bonds is 5. The van der Waals surface area contributed by atoms with Crippen molar-refractivity contribution < 1.29 is 0 Å². The molecule has 0 saturated heterocycles. The summed E-state index contributed by atoms with van der Waals surface area (Å²) in [4.78, 5) is 24.2. The van der Waals surface area contributed by atoms with Gasteiger partial charge in [0.05, 0.1) is 12.2 Å². The van der Waals surface area contributed by atoms with Crippen molar-refractivity contribution in [1.82, 2.24) is 19.6 Å². The molecule has 2 aromatic heterocycles. The molecule has 28 heavy (non-hydrogen) atoms. The van der Waals surface area contributed by atoms with E-state index >= 15 is 0 Å². The number of hydrogen-bond acceptors (Lipinski definition) is 4. The van der Waals surface area contributed by atoms with Crippen molar-refractivity contribution in [3.63, 3.8) is 0 Å². The summed E-state index contributed by atoms with van der Waals surface area (Å²) in [6, 6.07) is 20.3. The Hall–Kier alpha value is -3.41. The molecule has 4 aromatic rings. The first-order chi connectivity index (χ1) is 13.7. The van der Waals surface area contributed by atoms with Crippen molar-refractivity contribution >= 4 is 11.5 Å². The number of anilines is 1. The molecule has 1 aliphatic carbocycles. The van der Waals surface area contributed by atoms with Gasteiger partial charge in [-0.15, -0.1) is 0 Å². The fraction of sp³-hybridized carbons (Fsp3) is 0.227.